The van der Waals surface area contributed by atoms with E-state index >= 15 is 0 Å². The molecule has 0 heterocycles. The molecule has 42 heavy (non-hydrogen) atoms. The van der Waals surface area contributed by atoms with E-state index in [-0.39, 0.29) is 0 Å². The third-order valence-corrected chi connectivity index (χ3v) is 3.67. The van der Waals surface area contributed by atoms with Crippen molar-refractivity contribution in [3.63, 3.8) is 0 Å². The first-order valence-corrected chi connectivity index (χ1v) is 8.30. The molecule has 0 saturated heterocycles. The van der Waals surface area contributed by atoms with Crippen molar-refractivity contribution in [2.75, 3.05) is 0 Å². The molecule has 0 aliphatic carbocycles. The van der Waals surface area contributed by atoms with Gasteiger partial charge in [0, 0.05) is 0 Å². The van der Waals surface area contributed by atoms with Gasteiger partial charge < -0.3 is 0 Å². The van der Waals surface area contributed by atoms with E-state index in [0.717, 1.165) is 9.47 Å². The normalized spacial score (nSPS) is 16.7. The number of ether oxygens (including phenoxy) is 2. The molecule has 0 fully saturated rings. The molecule has 0 saturated carbocycles. The first-order valence-electron chi connectivity index (χ1n) is 8.30. The van der Waals surface area contributed by atoms with Crippen molar-refractivity contribution >= 4 is 0 Å². The molecule has 0 radical (unpaired) electrons. The van der Waals surface area contributed by atoms with E-state index in [9.17, 15) is 114 Å². The van der Waals surface area contributed by atoms with Crippen LogP contribution >= 0.6 is 0 Å². The highest BCUT2D eigenvalue weighted by molar-refractivity contribution is 4.93. The fraction of sp³-hybridized carbons (Fsp3) is 1.00. The van der Waals surface area contributed by atoms with E-state index in [0.29, 0.717) is 0 Å². The lowest BCUT2D eigenvalue weighted by Crippen LogP contribution is -2.64. The fourth-order valence-corrected chi connectivity index (χ4v) is 1.46. The van der Waals surface area contributed by atoms with E-state index in [1.165, 1.54) is 9.78 Å². The van der Waals surface area contributed by atoms with Gasteiger partial charge in [-0.05, 0) is 0 Å². The van der Waals surface area contributed by atoms with Crippen LogP contribution in [0.15, 0.2) is 0 Å². The van der Waals surface area contributed by atoms with Crippen LogP contribution in [0.1, 0.15) is 0 Å². The lowest BCUT2D eigenvalue weighted by atomic mass is 10.2. The summed E-state index contributed by atoms with van der Waals surface area (Å²) in [6.07, 6.45) is -64.0. The van der Waals surface area contributed by atoms with E-state index in [1.54, 1.807) is 0 Å². The maximum absolute atomic E-state index is 13.2. The second-order valence-corrected chi connectivity index (χ2v) is 6.76. The Balaban J connectivity index is 6.23. The summed E-state index contributed by atoms with van der Waals surface area (Å²) in [5, 5.41) is 0. The van der Waals surface area contributed by atoms with Crippen LogP contribution in [0.2, 0.25) is 0 Å². The summed E-state index contributed by atoms with van der Waals surface area (Å²) in [4.78, 5) is 2.43. The van der Waals surface area contributed by atoms with Crippen LogP contribution in [-0.4, -0.2) is 72.7 Å². The summed E-state index contributed by atoms with van der Waals surface area (Å²) in [6.45, 7) is 0. The monoisotopic (exact) mass is 702 g/mol. The van der Waals surface area contributed by atoms with Crippen molar-refractivity contribution in [1.82, 2.24) is 0 Å². The van der Waals surface area contributed by atoms with Crippen molar-refractivity contribution in [1.29, 1.82) is 0 Å². The Labute approximate surface area is 207 Å². The second-order valence-electron chi connectivity index (χ2n) is 6.76. The number of alkyl halides is 26. The minimum absolute atomic E-state index is 1.01. The Hall–Kier alpha value is -1.98. The minimum Gasteiger partial charge on any atom is -0.245 e. The van der Waals surface area contributed by atoms with Crippen LogP contribution in [0.5, 0.6) is 0 Å². The predicted octanol–water partition coefficient (Wildman–Crippen LogP) is 8.19. The van der Waals surface area contributed by atoms with Crippen LogP contribution in [0.4, 0.5) is 114 Å². The molecule has 0 aromatic carbocycles. The molecule has 0 spiro atoms. The summed E-state index contributed by atoms with van der Waals surface area (Å²) in [7, 11) is 0. The van der Waals surface area contributed by atoms with Crippen molar-refractivity contribution in [2.24, 2.45) is 0 Å². The molecule has 4 nitrogen and oxygen atoms in total. The van der Waals surface area contributed by atoms with Gasteiger partial charge in [-0.3, -0.25) is 0 Å². The number of halogens is 26. The quantitative estimate of drug-likeness (QED) is 0.110. The summed E-state index contributed by atoms with van der Waals surface area (Å²) in [6, 6.07) is 0. The van der Waals surface area contributed by atoms with E-state index in [2.05, 4.69) is 0 Å². The maximum atomic E-state index is 13.2. The molecule has 0 aliphatic heterocycles. The van der Waals surface area contributed by atoms with Gasteiger partial charge in [0.1, 0.15) is 0 Å². The van der Waals surface area contributed by atoms with Gasteiger partial charge in [-0.15, -0.1) is 0 Å². The summed E-state index contributed by atoms with van der Waals surface area (Å²) in [5.41, 5.74) is 0. The highest BCUT2D eigenvalue weighted by Crippen LogP contribution is 2.57. The van der Waals surface area contributed by atoms with Gasteiger partial charge in [0.05, 0.1) is 0 Å². The topological polar surface area (TPSA) is 36.9 Å². The van der Waals surface area contributed by atoms with Gasteiger partial charge in [-0.25, -0.2) is 9.47 Å². The van der Waals surface area contributed by atoms with Gasteiger partial charge in [-0.2, -0.15) is 124 Å². The Morgan fingerprint density at radius 3 is 0.548 bits per heavy atom. The largest absolute Gasteiger partial charge is 0.462 e. The first kappa shape index (κ1) is 40.0. The highest BCUT2D eigenvalue weighted by Gasteiger charge is 2.85. The van der Waals surface area contributed by atoms with Gasteiger partial charge in [-0.1, -0.05) is 0 Å². The van der Waals surface area contributed by atoms with E-state index < -0.39 is 72.7 Å². The average molecular weight is 702 g/mol. The smallest absolute Gasteiger partial charge is 0.245 e. The van der Waals surface area contributed by atoms with E-state index in [4.69, 9.17) is 0 Å². The summed E-state index contributed by atoms with van der Waals surface area (Å²) < 4.78 is 331. The third kappa shape index (κ3) is 6.58. The Morgan fingerprint density at radius 1 is 0.214 bits per heavy atom. The molecule has 0 amide bonds. The molecule has 0 bridgehead atoms. The summed E-state index contributed by atoms with van der Waals surface area (Å²) >= 11 is 0. The summed E-state index contributed by atoms with van der Waals surface area (Å²) in [5.74, 6) is -32.7. The van der Waals surface area contributed by atoms with Crippen LogP contribution in [0, 0.1) is 0 Å². The highest BCUT2D eigenvalue weighted by atomic mass is 19.4. The molecule has 0 aliphatic rings. The van der Waals surface area contributed by atoms with Gasteiger partial charge in [0.2, 0.25) is 0 Å². The Morgan fingerprint density at radius 2 is 0.381 bits per heavy atom. The average Bonchev–Trinajstić information content (AvgIpc) is 2.68. The van der Waals surface area contributed by atoms with Crippen molar-refractivity contribution in [3.05, 3.63) is 0 Å². The molecule has 0 aromatic heterocycles. The zero-order valence-electron chi connectivity index (χ0n) is 17.5. The maximum Gasteiger partial charge on any atom is 0.462 e. The number of hydrogen-bond acceptors (Lipinski definition) is 4. The molecule has 30 heteroatoms. The van der Waals surface area contributed by atoms with Gasteiger partial charge in [0.15, 0.2) is 0 Å². The first-order chi connectivity index (χ1) is 17.6. The lowest BCUT2D eigenvalue weighted by molar-refractivity contribution is -0.609. The van der Waals surface area contributed by atoms with Crippen molar-refractivity contribution < 1.29 is 133 Å². The zero-order chi connectivity index (χ0) is 34.8. The van der Waals surface area contributed by atoms with Crippen LogP contribution in [0.25, 0.3) is 0 Å². The molecule has 0 rings (SSSR count). The Bertz CT molecular complexity index is 868. The standard InChI is InChI=1S/C12F26O4/c13-1(14,5(21,22)23)7(27,28)39-9(31,32)3(17,18)11(35,36)41-42-12(37,38)4(19,20)10(33,34)40-8(29,30)2(15,16)6(24,25)26. The van der Waals surface area contributed by atoms with Gasteiger partial charge >= 0.3 is 72.7 Å². The minimum atomic E-state index is -8.38. The SMILES string of the molecule is FC(F)(F)C(F)(F)C(F)(F)OC(F)(F)C(F)(F)C(F)(F)OOC(F)(F)C(F)(F)C(F)(F)OC(F)(F)C(F)(F)C(F)(F)F. The van der Waals surface area contributed by atoms with Crippen LogP contribution in [0.3, 0.4) is 0 Å². The predicted molar refractivity (Wildman–Crippen MR) is 65.9 cm³/mol. The molecule has 0 atom stereocenters. The van der Waals surface area contributed by atoms with Crippen molar-refractivity contribution in [3.8, 4) is 0 Å². The number of hydrogen-bond donors (Lipinski definition) is 0. The molecular weight excluding hydrogens is 702 g/mol. The molecule has 0 N–H and O–H groups in total. The lowest BCUT2D eigenvalue weighted by Gasteiger charge is -2.37. The number of rotatable bonds is 13. The zero-order valence-corrected chi connectivity index (χ0v) is 17.5. The molecule has 254 valence electrons. The molecule has 0 aromatic rings. The van der Waals surface area contributed by atoms with Crippen LogP contribution in [-0.2, 0) is 19.2 Å². The third-order valence-electron chi connectivity index (χ3n) is 3.67. The van der Waals surface area contributed by atoms with Crippen molar-refractivity contribution in [2.45, 2.75) is 72.7 Å². The van der Waals surface area contributed by atoms with Gasteiger partial charge in [0.25, 0.3) is 0 Å². The second kappa shape index (κ2) is 10.3. The fourth-order valence-electron chi connectivity index (χ4n) is 1.46. The molecular formula is C12F26O4. The van der Waals surface area contributed by atoms with Crippen LogP contribution < -0.4 is 0 Å². The molecule has 0 unspecified atom stereocenters. The Kier molecular flexibility index (Phi) is 9.81. The van der Waals surface area contributed by atoms with E-state index in [1.807, 2.05) is 0 Å².